The van der Waals surface area contributed by atoms with Crippen LogP contribution in [0.15, 0.2) is 0 Å². The van der Waals surface area contributed by atoms with Gasteiger partial charge in [-0.1, -0.05) is 6.92 Å². The lowest BCUT2D eigenvalue weighted by Gasteiger charge is -2.40. The third-order valence-electron chi connectivity index (χ3n) is 3.98. The summed E-state index contributed by atoms with van der Waals surface area (Å²) in [4.78, 5) is 5.03. The van der Waals surface area contributed by atoms with Gasteiger partial charge in [-0.25, -0.2) is 4.39 Å². The van der Waals surface area contributed by atoms with Crippen molar-refractivity contribution < 1.29 is 4.39 Å². The molecular weight excluding hydrogens is 191 g/mol. The largest absolute Gasteiger partial charge is 0.303 e. The minimum Gasteiger partial charge on any atom is -0.303 e. The fraction of sp³-hybridized carbons (Fsp3) is 1.00. The van der Waals surface area contributed by atoms with Crippen LogP contribution in [-0.4, -0.2) is 54.7 Å². The molecule has 2 aliphatic heterocycles. The summed E-state index contributed by atoms with van der Waals surface area (Å²) < 4.78 is 13.0. The highest BCUT2D eigenvalue weighted by Gasteiger charge is 2.27. The molecule has 2 saturated heterocycles. The van der Waals surface area contributed by atoms with Crippen LogP contribution in [0, 0.1) is 0 Å². The SMILES string of the molecule is CCN1CCC(N2CCC(F)CC2)CC1. The Morgan fingerprint density at radius 1 is 1.00 bits per heavy atom. The molecule has 0 N–H and O–H groups in total. The highest BCUT2D eigenvalue weighted by molar-refractivity contribution is 4.82. The van der Waals surface area contributed by atoms with Crippen LogP contribution in [0.4, 0.5) is 4.39 Å². The van der Waals surface area contributed by atoms with E-state index in [1.807, 2.05) is 0 Å². The smallest absolute Gasteiger partial charge is 0.103 e. The summed E-state index contributed by atoms with van der Waals surface area (Å²) in [6, 6.07) is 0.736. The summed E-state index contributed by atoms with van der Waals surface area (Å²) in [6.07, 6.45) is 3.55. The van der Waals surface area contributed by atoms with E-state index in [9.17, 15) is 4.39 Å². The third kappa shape index (κ3) is 2.91. The van der Waals surface area contributed by atoms with Crippen LogP contribution in [0.3, 0.4) is 0 Å². The highest BCUT2D eigenvalue weighted by Crippen LogP contribution is 2.21. The first kappa shape index (κ1) is 11.3. The van der Waals surface area contributed by atoms with Crippen LogP contribution >= 0.6 is 0 Å². The molecule has 0 bridgehead atoms. The summed E-state index contributed by atoms with van der Waals surface area (Å²) in [5.41, 5.74) is 0. The summed E-state index contributed by atoms with van der Waals surface area (Å²) in [5, 5.41) is 0. The second kappa shape index (κ2) is 5.26. The Balaban J connectivity index is 1.75. The first-order valence-corrected chi connectivity index (χ1v) is 6.40. The van der Waals surface area contributed by atoms with E-state index in [0.717, 1.165) is 32.0 Å². The number of alkyl halides is 1. The van der Waals surface area contributed by atoms with Crippen molar-refractivity contribution in [3.63, 3.8) is 0 Å². The van der Waals surface area contributed by atoms with Crippen LogP contribution in [-0.2, 0) is 0 Å². The molecule has 0 aromatic heterocycles. The van der Waals surface area contributed by atoms with Crippen molar-refractivity contribution in [3.05, 3.63) is 0 Å². The van der Waals surface area contributed by atoms with Gasteiger partial charge in [-0.05, 0) is 45.3 Å². The number of likely N-dealkylation sites (tertiary alicyclic amines) is 2. The lowest BCUT2D eigenvalue weighted by molar-refractivity contribution is 0.0697. The average molecular weight is 214 g/mol. The number of halogens is 1. The topological polar surface area (TPSA) is 6.48 Å². The molecule has 2 aliphatic rings. The molecule has 2 rings (SSSR count). The quantitative estimate of drug-likeness (QED) is 0.693. The van der Waals surface area contributed by atoms with Crippen molar-refractivity contribution in [2.45, 2.75) is 44.8 Å². The van der Waals surface area contributed by atoms with E-state index in [1.165, 1.54) is 32.5 Å². The van der Waals surface area contributed by atoms with Gasteiger partial charge in [-0.3, -0.25) is 0 Å². The molecule has 15 heavy (non-hydrogen) atoms. The number of hydrogen-bond acceptors (Lipinski definition) is 2. The molecule has 0 saturated carbocycles. The highest BCUT2D eigenvalue weighted by atomic mass is 19.1. The molecule has 0 amide bonds. The lowest BCUT2D eigenvalue weighted by Crippen LogP contribution is -2.47. The molecule has 2 fully saturated rings. The standard InChI is InChI=1S/C12H23FN2/c1-2-14-7-5-12(6-8-14)15-9-3-11(13)4-10-15/h11-12H,2-10H2,1H3. The minimum atomic E-state index is -0.531. The number of hydrogen-bond donors (Lipinski definition) is 0. The monoisotopic (exact) mass is 214 g/mol. The van der Waals surface area contributed by atoms with Gasteiger partial charge in [0.25, 0.3) is 0 Å². The van der Waals surface area contributed by atoms with Gasteiger partial charge in [-0.15, -0.1) is 0 Å². The second-order valence-electron chi connectivity index (χ2n) is 4.88. The van der Waals surface area contributed by atoms with E-state index in [0.29, 0.717) is 0 Å². The van der Waals surface area contributed by atoms with Crippen molar-refractivity contribution in [2.24, 2.45) is 0 Å². The molecule has 2 heterocycles. The van der Waals surface area contributed by atoms with Crippen molar-refractivity contribution in [1.29, 1.82) is 0 Å². The molecule has 0 aliphatic carbocycles. The van der Waals surface area contributed by atoms with E-state index in [1.54, 1.807) is 0 Å². The van der Waals surface area contributed by atoms with Crippen LogP contribution in [0.5, 0.6) is 0 Å². The normalized spacial score (nSPS) is 28.4. The average Bonchev–Trinajstić information content (AvgIpc) is 2.30. The van der Waals surface area contributed by atoms with Crippen molar-refractivity contribution in [1.82, 2.24) is 9.80 Å². The molecule has 0 aromatic rings. The molecule has 88 valence electrons. The zero-order valence-corrected chi connectivity index (χ0v) is 9.79. The molecule has 0 spiro atoms. The zero-order valence-electron chi connectivity index (χ0n) is 9.79. The van der Waals surface area contributed by atoms with Crippen LogP contribution in [0.1, 0.15) is 32.6 Å². The first-order chi connectivity index (χ1) is 7.29. The van der Waals surface area contributed by atoms with Gasteiger partial charge in [0.1, 0.15) is 6.17 Å². The Labute approximate surface area is 92.4 Å². The van der Waals surface area contributed by atoms with Crippen molar-refractivity contribution >= 4 is 0 Å². The molecule has 3 heteroatoms. The molecule has 0 unspecified atom stereocenters. The minimum absolute atomic E-state index is 0.531. The van der Waals surface area contributed by atoms with Crippen molar-refractivity contribution in [2.75, 3.05) is 32.7 Å². The Kier molecular flexibility index (Phi) is 3.98. The number of nitrogens with zero attached hydrogens (tertiary/aromatic N) is 2. The summed E-state index contributed by atoms with van der Waals surface area (Å²) >= 11 is 0. The van der Waals surface area contributed by atoms with Gasteiger partial charge < -0.3 is 9.80 Å². The van der Waals surface area contributed by atoms with Crippen LogP contribution < -0.4 is 0 Å². The van der Waals surface area contributed by atoms with Gasteiger partial charge in [0, 0.05) is 19.1 Å². The lowest BCUT2D eigenvalue weighted by atomic mass is 9.99. The van der Waals surface area contributed by atoms with Crippen LogP contribution in [0.25, 0.3) is 0 Å². The molecular formula is C12H23FN2. The second-order valence-corrected chi connectivity index (χ2v) is 4.88. The Hall–Kier alpha value is -0.150. The van der Waals surface area contributed by atoms with Gasteiger partial charge in [0.2, 0.25) is 0 Å². The van der Waals surface area contributed by atoms with Crippen LogP contribution in [0.2, 0.25) is 0 Å². The third-order valence-corrected chi connectivity index (χ3v) is 3.98. The molecule has 2 nitrogen and oxygen atoms in total. The molecule has 0 atom stereocenters. The maximum Gasteiger partial charge on any atom is 0.103 e. The maximum atomic E-state index is 13.0. The van der Waals surface area contributed by atoms with Gasteiger partial charge in [0.15, 0.2) is 0 Å². The predicted octanol–water partition coefficient (Wildman–Crippen LogP) is 1.90. The van der Waals surface area contributed by atoms with Gasteiger partial charge >= 0.3 is 0 Å². The fourth-order valence-corrected chi connectivity index (χ4v) is 2.83. The molecule has 0 aromatic carbocycles. The predicted molar refractivity (Wildman–Crippen MR) is 60.8 cm³/mol. The summed E-state index contributed by atoms with van der Waals surface area (Å²) in [5.74, 6) is 0. The van der Waals surface area contributed by atoms with Gasteiger partial charge in [-0.2, -0.15) is 0 Å². The maximum absolute atomic E-state index is 13.0. The van der Waals surface area contributed by atoms with E-state index in [-0.39, 0.29) is 0 Å². The Morgan fingerprint density at radius 3 is 2.13 bits per heavy atom. The Morgan fingerprint density at radius 2 is 1.60 bits per heavy atom. The first-order valence-electron chi connectivity index (χ1n) is 6.40. The Bertz CT molecular complexity index is 182. The zero-order chi connectivity index (χ0) is 10.7. The molecule has 0 radical (unpaired) electrons. The van der Waals surface area contributed by atoms with E-state index in [4.69, 9.17) is 0 Å². The van der Waals surface area contributed by atoms with Gasteiger partial charge in [0.05, 0.1) is 0 Å². The summed E-state index contributed by atoms with van der Waals surface area (Å²) in [6.45, 7) is 7.84. The van der Waals surface area contributed by atoms with E-state index >= 15 is 0 Å². The number of rotatable bonds is 2. The fourth-order valence-electron chi connectivity index (χ4n) is 2.83. The summed E-state index contributed by atoms with van der Waals surface area (Å²) in [7, 11) is 0. The number of piperidine rings is 2. The van der Waals surface area contributed by atoms with Crippen molar-refractivity contribution in [3.8, 4) is 0 Å². The van der Waals surface area contributed by atoms with E-state index < -0.39 is 6.17 Å². The van der Waals surface area contributed by atoms with E-state index in [2.05, 4.69) is 16.7 Å².